The average molecular weight is 245 g/mol. The summed E-state index contributed by atoms with van der Waals surface area (Å²) in [6.07, 6.45) is 3.89. The fourth-order valence-electron chi connectivity index (χ4n) is 3.63. The SMILES string of the molecule is O=C(O)C(c1ccccc1)N1CC2CCCC2C1. The van der Waals surface area contributed by atoms with E-state index >= 15 is 0 Å². The molecule has 0 amide bonds. The van der Waals surface area contributed by atoms with Crippen LogP contribution in [-0.4, -0.2) is 29.1 Å². The molecule has 3 rings (SSSR count). The Hall–Kier alpha value is -1.35. The molecule has 1 N–H and O–H groups in total. The molecule has 0 spiro atoms. The topological polar surface area (TPSA) is 40.5 Å². The first-order chi connectivity index (χ1) is 8.75. The van der Waals surface area contributed by atoms with E-state index in [1.807, 2.05) is 30.3 Å². The molecule has 2 fully saturated rings. The lowest BCUT2D eigenvalue weighted by atomic mass is 10.0. The zero-order valence-electron chi connectivity index (χ0n) is 10.5. The van der Waals surface area contributed by atoms with Crippen molar-refractivity contribution in [3.05, 3.63) is 35.9 Å². The zero-order valence-corrected chi connectivity index (χ0v) is 10.5. The number of likely N-dealkylation sites (tertiary alicyclic amines) is 1. The molecule has 96 valence electrons. The Morgan fingerprint density at radius 2 is 1.78 bits per heavy atom. The van der Waals surface area contributed by atoms with Gasteiger partial charge in [0.1, 0.15) is 6.04 Å². The molecule has 1 aliphatic heterocycles. The molecule has 0 bridgehead atoms. The molecule has 1 saturated carbocycles. The van der Waals surface area contributed by atoms with Crippen LogP contribution in [0.3, 0.4) is 0 Å². The van der Waals surface area contributed by atoms with Crippen LogP contribution in [0.15, 0.2) is 30.3 Å². The van der Waals surface area contributed by atoms with Crippen LogP contribution in [0, 0.1) is 11.8 Å². The van der Waals surface area contributed by atoms with E-state index in [4.69, 9.17) is 0 Å². The number of carboxylic acid groups (broad SMARTS) is 1. The van der Waals surface area contributed by atoms with Crippen molar-refractivity contribution in [3.8, 4) is 0 Å². The molecule has 1 heterocycles. The van der Waals surface area contributed by atoms with Gasteiger partial charge < -0.3 is 5.11 Å². The molecular formula is C15H19NO2. The predicted octanol–water partition coefficient (Wildman–Crippen LogP) is 2.54. The molecule has 18 heavy (non-hydrogen) atoms. The lowest BCUT2D eigenvalue weighted by Crippen LogP contribution is -2.33. The highest BCUT2D eigenvalue weighted by atomic mass is 16.4. The molecule has 1 aromatic carbocycles. The second-order valence-electron chi connectivity index (χ2n) is 5.56. The van der Waals surface area contributed by atoms with Crippen molar-refractivity contribution in [3.63, 3.8) is 0 Å². The molecule has 3 unspecified atom stereocenters. The molecule has 0 aromatic heterocycles. The summed E-state index contributed by atoms with van der Waals surface area (Å²) in [4.78, 5) is 13.7. The van der Waals surface area contributed by atoms with Crippen molar-refractivity contribution in [1.82, 2.24) is 4.90 Å². The van der Waals surface area contributed by atoms with E-state index in [1.54, 1.807) is 0 Å². The lowest BCUT2D eigenvalue weighted by molar-refractivity contribution is -0.143. The van der Waals surface area contributed by atoms with Crippen LogP contribution in [0.2, 0.25) is 0 Å². The molecule has 1 aliphatic carbocycles. The average Bonchev–Trinajstić information content (AvgIpc) is 2.91. The van der Waals surface area contributed by atoms with Crippen molar-refractivity contribution in [2.75, 3.05) is 13.1 Å². The summed E-state index contributed by atoms with van der Waals surface area (Å²) in [5, 5.41) is 9.51. The summed E-state index contributed by atoms with van der Waals surface area (Å²) in [6.45, 7) is 1.91. The van der Waals surface area contributed by atoms with Crippen LogP contribution >= 0.6 is 0 Å². The quantitative estimate of drug-likeness (QED) is 0.889. The van der Waals surface area contributed by atoms with Crippen LogP contribution in [0.5, 0.6) is 0 Å². The van der Waals surface area contributed by atoms with Crippen molar-refractivity contribution < 1.29 is 9.90 Å². The van der Waals surface area contributed by atoms with Crippen molar-refractivity contribution in [1.29, 1.82) is 0 Å². The first-order valence-electron chi connectivity index (χ1n) is 6.77. The van der Waals surface area contributed by atoms with Crippen molar-refractivity contribution in [2.24, 2.45) is 11.8 Å². The van der Waals surface area contributed by atoms with E-state index in [0.717, 1.165) is 30.5 Å². The third kappa shape index (κ3) is 2.03. The Morgan fingerprint density at radius 1 is 1.17 bits per heavy atom. The number of fused-ring (bicyclic) bond motifs is 1. The Balaban J connectivity index is 1.81. The minimum Gasteiger partial charge on any atom is -0.480 e. The fourth-order valence-corrected chi connectivity index (χ4v) is 3.63. The zero-order chi connectivity index (χ0) is 12.5. The van der Waals surface area contributed by atoms with Crippen LogP contribution in [-0.2, 0) is 4.79 Å². The fraction of sp³-hybridized carbons (Fsp3) is 0.533. The molecule has 0 radical (unpaired) electrons. The Bertz CT molecular complexity index is 419. The van der Waals surface area contributed by atoms with Gasteiger partial charge >= 0.3 is 5.97 Å². The van der Waals surface area contributed by atoms with E-state index in [0.29, 0.717) is 0 Å². The highest BCUT2D eigenvalue weighted by Crippen LogP contribution is 2.40. The van der Waals surface area contributed by atoms with Crippen LogP contribution in [0.4, 0.5) is 0 Å². The van der Waals surface area contributed by atoms with Gasteiger partial charge in [0, 0.05) is 13.1 Å². The smallest absolute Gasteiger partial charge is 0.325 e. The van der Waals surface area contributed by atoms with Gasteiger partial charge in [-0.25, -0.2) is 0 Å². The number of carbonyl (C=O) groups is 1. The largest absolute Gasteiger partial charge is 0.480 e. The molecule has 3 nitrogen and oxygen atoms in total. The Kier molecular flexibility index (Phi) is 3.08. The van der Waals surface area contributed by atoms with Gasteiger partial charge in [0.05, 0.1) is 0 Å². The summed E-state index contributed by atoms with van der Waals surface area (Å²) >= 11 is 0. The summed E-state index contributed by atoms with van der Waals surface area (Å²) in [7, 11) is 0. The Labute approximate surface area is 107 Å². The maximum absolute atomic E-state index is 11.6. The van der Waals surface area contributed by atoms with E-state index < -0.39 is 12.0 Å². The molecule has 3 heteroatoms. The van der Waals surface area contributed by atoms with E-state index in [9.17, 15) is 9.90 Å². The first kappa shape index (κ1) is 11.7. The van der Waals surface area contributed by atoms with Crippen LogP contribution < -0.4 is 0 Å². The highest BCUT2D eigenvalue weighted by molar-refractivity contribution is 5.75. The standard InChI is InChI=1S/C15H19NO2/c17-15(18)14(11-5-2-1-3-6-11)16-9-12-7-4-8-13(12)10-16/h1-3,5-6,12-14H,4,7-10H2,(H,17,18). The third-order valence-electron chi connectivity index (χ3n) is 4.47. The van der Waals surface area contributed by atoms with Crippen molar-refractivity contribution in [2.45, 2.75) is 25.3 Å². The van der Waals surface area contributed by atoms with Gasteiger partial charge in [-0.15, -0.1) is 0 Å². The minimum absolute atomic E-state index is 0.461. The number of hydrogen-bond acceptors (Lipinski definition) is 2. The minimum atomic E-state index is -0.721. The van der Waals surface area contributed by atoms with Gasteiger partial charge in [-0.1, -0.05) is 36.8 Å². The number of aliphatic carboxylic acids is 1. The number of rotatable bonds is 3. The lowest BCUT2D eigenvalue weighted by Gasteiger charge is -2.25. The second kappa shape index (κ2) is 4.73. The molecule has 3 atom stereocenters. The molecule has 1 saturated heterocycles. The Morgan fingerprint density at radius 3 is 2.33 bits per heavy atom. The van der Waals surface area contributed by atoms with Gasteiger partial charge in [-0.2, -0.15) is 0 Å². The molecule has 2 aliphatic rings. The van der Waals surface area contributed by atoms with E-state index in [2.05, 4.69) is 4.90 Å². The summed E-state index contributed by atoms with van der Waals surface area (Å²) in [5.41, 5.74) is 0.907. The van der Waals surface area contributed by atoms with Crippen molar-refractivity contribution >= 4 is 5.97 Å². The van der Waals surface area contributed by atoms with Gasteiger partial charge in [0.2, 0.25) is 0 Å². The summed E-state index contributed by atoms with van der Waals surface area (Å²) in [5.74, 6) is 0.743. The van der Waals surface area contributed by atoms with Crippen LogP contribution in [0.1, 0.15) is 30.9 Å². The van der Waals surface area contributed by atoms with E-state index in [-0.39, 0.29) is 0 Å². The molecular weight excluding hydrogens is 226 g/mol. The molecule has 1 aromatic rings. The van der Waals surface area contributed by atoms with Crippen LogP contribution in [0.25, 0.3) is 0 Å². The number of hydrogen-bond donors (Lipinski definition) is 1. The normalized spacial score (nSPS) is 29.1. The summed E-state index contributed by atoms with van der Waals surface area (Å²) < 4.78 is 0. The second-order valence-corrected chi connectivity index (χ2v) is 5.56. The van der Waals surface area contributed by atoms with Gasteiger partial charge in [-0.3, -0.25) is 9.69 Å². The predicted molar refractivity (Wildman–Crippen MR) is 69.2 cm³/mol. The first-order valence-corrected chi connectivity index (χ1v) is 6.77. The number of carboxylic acids is 1. The van der Waals surface area contributed by atoms with Gasteiger partial charge in [0.15, 0.2) is 0 Å². The third-order valence-corrected chi connectivity index (χ3v) is 4.47. The van der Waals surface area contributed by atoms with E-state index in [1.165, 1.54) is 19.3 Å². The number of nitrogens with zero attached hydrogens (tertiary/aromatic N) is 1. The highest BCUT2D eigenvalue weighted by Gasteiger charge is 2.41. The van der Waals surface area contributed by atoms with Gasteiger partial charge in [-0.05, 0) is 30.2 Å². The number of benzene rings is 1. The maximum atomic E-state index is 11.6. The monoisotopic (exact) mass is 245 g/mol. The maximum Gasteiger partial charge on any atom is 0.325 e. The summed E-state index contributed by atoms with van der Waals surface area (Å²) in [6, 6.07) is 9.16. The van der Waals surface area contributed by atoms with Gasteiger partial charge in [0.25, 0.3) is 0 Å².